The molecule has 14 heavy (non-hydrogen) atoms. The first kappa shape index (κ1) is 9.96. The number of urea groups is 1. The van der Waals surface area contributed by atoms with Gasteiger partial charge < -0.3 is 5.11 Å². The van der Waals surface area contributed by atoms with Gasteiger partial charge in [-0.3, -0.25) is 5.32 Å². The Morgan fingerprint density at radius 3 is 2.86 bits per heavy atom. The SMILES string of the molecule is CCN(C(=O)O)C(=O)Nc1ncn[nH]1. The van der Waals surface area contributed by atoms with Crippen LogP contribution in [0.5, 0.6) is 0 Å². The molecule has 1 heterocycles. The molecular formula is C6H9N5O3. The molecule has 0 bridgehead atoms. The van der Waals surface area contributed by atoms with Gasteiger partial charge in [0.05, 0.1) is 0 Å². The topological polar surface area (TPSA) is 111 Å². The molecule has 0 atom stereocenters. The smallest absolute Gasteiger partial charge is 0.415 e. The fraction of sp³-hybridized carbons (Fsp3) is 0.333. The minimum atomic E-state index is -1.32. The maximum absolute atomic E-state index is 11.2. The number of imide groups is 1. The summed E-state index contributed by atoms with van der Waals surface area (Å²) >= 11 is 0. The monoisotopic (exact) mass is 199 g/mol. The number of H-pyrrole nitrogens is 1. The highest BCUT2D eigenvalue weighted by atomic mass is 16.4. The van der Waals surface area contributed by atoms with Crippen molar-refractivity contribution in [3.05, 3.63) is 6.33 Å². The van der Waals surface area contributed by atoms with Crippen molar-refractivity contribution in [2.75, 3.05) is 11.9 Å². The highest BCUT2D eigenvalue weighted by molar-refractivity contribution is 5.97. The number of carbonyl (C=O) groups excluding carboxylic acids is 1. The summed E-state index contributed by atoms with van der Waals surface area (Å²) in [5.41, 5.74) is 0. The average Bonchev–Trinajstić information content (AvgIpc) is 2.57. The van der Waals surface area contributed by atoms with Crippen molar-refractivity contribution >= 4 is 18.1 Å². The number of hydrogen-bond acceptors (Lipinski definition) is 4. The van der Waals surface area contributed by atoms with Gasteiger partial charge in [-0.25, -0.2) is 19.6 Å². The van der Waals surface area contributed by atoms with E-state index in [2.05, 4.69) is 20.5 Å². The molecule has 0 unspecified atom stereocenters. The lowest BCUT2D eigenvalue weighted by molar-refractivity contribution is 0.154. The molecule has 0 aromatic carbocycles. The van der Waals surface area contributed by atoms with Crippen molar-refractivity contribution in [3.8, 4) is 0 Å². The maximum Gasteiger partial charge on any atom is 0.415 e. The Kier molecular flexibility index (Phi) is 3.00. The van der Waals surface area contributed by atoms with E-state index in [1.165, 1.54) is 6.33 Å². The number of amides is 3. The zero-order valence-corrected chi connectivity index (χ0v) is 7.39. The Morgan fingerprint density at radius 1 is 1.71 bits per heavy atom. The van der Waals surface area contributed by atoms with E-state index >= 15 is 0 Å². The predicted octanol–water partition coefficient (Wildman–Crippen LogP) is 0.336. The van der Waals surface area contributed by atoms with Crippen molar-refractivity contribution in [1.29, 1.82) is 0 Å². The van der Waals surface area contributed by atoms with Gasteiger partial charge >= 0.3 is 12.1 Å². The molecule has 0 radical (unpaired) electrons. The molecule has 1 aromatic rings. The summed E-state index contributed by atoms with van der Waals surface area (Å²) in [5.74, 6) is 0.106. The van der Waals surface area contributed by atoms with E-state index in [4.69, 9.17) is 5.11 Å². The zero-order chi connectivity index (χ0) is 10.6. The third-order valence-electron chi connectivity index (χ3n) is 1.43. The molecule has 76 valence electrons. The van der Waals surface area contributed by atoms with Gasteiger partial charge in [0.25, 0.3) is 0 Å². The van der Waals surface area contributed by atoms with Gasteiger partial charge in [-0.15, -0.1) is 0 Å². The number of nitrogens with one attached hydrogen (secondary N) is 2. The van der Waals surface area contributed by atoms with Crippen molar-refractivity contribution in [2.24, 2.45) is 0 Å². The molecule has 0 fully saturated rings. The first-order valence-electron chi connectivity index (χ1n) is 3.82. The quantitative estimate of drug-likeness (QED) is 0.635. The van der Waals surface area contributed by atoms with Crippen LogP contribution in [0.2, 0.25) is 0 Å². The number of aromatic nitrogens is 3. The third kappa shape index (κ3) is 2.19. The molecule has 1 aromatic heterocycles. The highest BCUT2D eigenvalue weighted by Crippen LogP contribution is 1.97. The van der Waals surface area contributed by atoms with Crippen molar-refractivity contribution in [1.82, 2.24) is 20.1 Å². The summed E-state index contributed by atoms with van der Waals surface area (Å²) in [7, 11) is 0. The van der Waals surface area contributed by atoms with Crippen LogP contribution in [0.3, 0.4) is 0 Å². The number of carbonyl (C=O) groups is 2. The van der Waals surface area contributed by atoms with E-state index in [0.29, 0.717) is 4.90 Å². The lowest BCUT2D eigenvalue weighted by Gasteiger charge is -2.13. The predicted molar refractivity (Wildman–Crippen MR) is 45.8 cm³/mol. The first-order chi connectivity index (χ1) is 6.65. The van der Waals surface area contributed by atoms with Gasteiger partial charge in [-0.05, 0) is 6.92 Å². The number of rotatable bonds is 2. The number of carboxylic acid groups (broad SMARTS) is 1. The number of hydrogen-bond donors (Lipinski definition) is 3. The van der Waals surface area contributed by atoms with Crippen LogP contribution in [0.25, 0.3) is 0 Å². The second-order valence-corrected chi connectivity index (χ2v) is 2.29. The van der Waals surface area contributed by atoms with E-state index in [-0.39, 0.29) is 12.5 Å². The maximum atomic E-state index is 11.2. The minimum Gasteiger partial charge on any atom is -0.465 e. The molecule has 0 aliphatic rings. The molecule has 8 nitrogen and oxygen atoms in total. The number of anilines is 1. The Morgan fingerprint density at radius 2 is 2.43 bits per heavy atom. The van der Waals surface area contributed by atoms with Crippen LogP contribution in [0.1, 0.15) is 6.92 Å². The minimum absolute atomic E-state index is 0.0648. The Hall–Kier alpha value is -2.12. The molecule has 3 amide bonds. The van der Waals surface area contributed by atoms with Gasteiger partial charge in [0.1, 0.15) is 6.33 Å². The number of aromatic amines is 1. The van der Waals surface area contributed by atoms with Crippen LogP contribution in [0.15, 0.2) is 6.33 Å². The van der Waals surface area contributed by atoms with E-state index in [1.54, 1.807) is 6.92 Å². The molecule has 0 saturated heterocycles. The molecule has 0 aliphatic carbocycles. The van der Waals surface area contributed by atoms with Crippen LogP contribution < -0.4 is 5.32 Å². The van der Waals surface area contributed by atoms with Crippen LogP contribution in [0, 0.1) is 0 Å². The fourth-order valence-electron chi connectivity index (χ4n) is 0.800. The average molecular weight is 199 g/mol. The Balaban J connectivity index is 2.61. The van der Waals surface area contributed by atoms with Crippen LogP contribution in [-0.2, 0) is 0 Å². The fourth-order valence-corrected chi connectivity index (χ4v) is 0.800. The van der Waals surface area contributed by atoms with Crippen LogP contribution in [-0.4, -0.2) is 43.9 Å². The lowest BCUT2D eigenvalue weighted by Crippen LogP contribution is -2.38. The van der Waals surface area contributed by atoms with Crippen molar-refractivity contribution < 1.29 is 14.7 Å². The molecule has 3 N–H and O–H groups in total. The summed E-state index contributed by atoms with van der Waals surface area (Å²) < 4.78 is 0. The van der Waals surface area contributed by atoms with Crippen LogP contribution >= 0.6 is 0 Å². The van der Waals surface area contributed by atoms with Gasteiger partial charge in [-0.2, -0.15) is 10.1 Å². The second-order valence-electron chi connectivity index (χ2n) is 2.29. The van der Waals surface area contributed by atoms with Gasteiger partial charge in [0.2, 0.25) is 5.95 Å². The Labute approximate surface area is 78.9 Å². The Bertz CT molecular complexity index is 322. The number of nitrogens with zero attached hydrogens (tertiary/aromatic N) is 3. The normalized spacial score (nSPS) is 9.50. The van der Waals surface area contributed by atoms with Gasteiger partial charge in [0.15, 0.2) is 0 Å². The van der Waals surface area contributed by atoms with Crippen molar-refractivity contribution in [3.63, 3.8) is 0 Å². The second kappa shape index (κ2) is 4.21. The zero-order valence-electron chi connectivity index (χ0n) is 7.39. The molecular weight excluding hydrogens is 190 g/mol. The van der Waals surface area contributed by atoms with Gasteiger partial charge in [-0.1, -0.05) is 0 Å². The molecule has 0 spiro atoms. The highest BCUT2D eigenvalue weighted by Gasteiger charge is 2.18. The third-order valence-corrected chi connectivity index (χ3v) is 1.43. The van der Waals surface area contributed by atoms with E-state index in [1.807, 2.05) is 0 Å². The molecule has 1 rings (SSSR count). The first-order valence-corrected chi connectivity index (χ1v) is 3.82. The largest absolute Gasteiger partial charge is 0.465 e. The standard InChI is InChI=1S/C6H9N5O3/c1-2-11(6(13)14)5(12)9-4-7-3-8-10-4/h3H,2H2,1H3,(H,13,14)(H2,7,8,9,10,12). The molecule has 8 heteroatoms. The summed E-state index contributed by atoms with van der Waals surface area (Å²) in [6.07, 6.45) is -0.114. The van der Waals surface area contributed by atoms with Crippen LogP contribution in [0.4, 0.5) is 15.5 Å². The van der Waals surface area contributed by atoms with E-state index < -0.39 is 12.1 Å². The molecule has 0 aliphatic heterocycles. The van der Waals surface area contributed by atoms with E-state index in [0.717, 1.165) is 0 Å². The molecule has 0 saturated carbocycles. The summed E-state index contributed by atoms with van der Waals surface area (Å²) in [6.45, 7) is 1.61. The van der Waals surface area contributed by atoms with Crippen molar-refractivity contribution in [2.45, 2.75) is 6.92 Å². The summed E-state index contributed by atoms with van der Waals surface area (Å²) in [4.78, 5) is 26.0. The van der Waals surface area contributed by atoms with E-state index in [9.17, 15) is 9.59 Å². The summed E-state index contributed by atoms with van der Waals surface area (Å²) in [6, 6.07) is -0.767. The lowest BCUT2D eigenvalue weighted by atomic mass is 10.6. The summed E-state index contributed by atoms with van der Waals surface area (Å²) in [5, 5.41) is 16.7. The van der Waals surface area contributed by atoms with Gasteiger partial charge in [0, 0.05) is 6.54 Å².